The standard InChI is InChI=1S/C18H19N7O/c26-15(6-8-20-17-16-18(23-10-22-16)25-11-24-17)19-7-5-12-9-21-14-4-2-1-3-13(12)14/h1-4,9-11,21H,5-8H2,(H,19,26)(H2,20,22,23,24,25). The van der Waals surface area contributed by atoms with Gasteiger partial charge in [-0.2, -0.15) is 0 Å². The lowest BCUT2D eigenvalue weighted by molar-refractivity contribution is -0.120. The Bertz CT molecular complexity index is 1040. The molecule has 0 aliphatic heterocycles. The Morgan fingerprint density at radius 2 is 2.00 bits per heavy atom. The van der Waals surface area contributed by atoms with E-state index in [9.17, 15) is 4.79 Å². The van der Waals surface area contributed by atoms with Crippen molar-refractivity contribution < 1.29 is 4.79 Å². The highest BCUT2D eigenvalue weighted by molar-refractivity contribution is 5.84. The number of hydrogen-bond acceptors (Lipinski definition) is 5. The van der Waals surface area contributed by atoms with Crippen LogP contribution < -0.4 is 10.6 Å². The number of aromatic nitrogens is 5. The molecule has 26 heavy (non-hydrogen) atoms. The number of anilines is 1. The second-order valence-corrected chi connectivity index (χ2v) is 5.96. The monoisotopic (exact) mass is 349 g/mol. The summed E-state index contributed by atoms with van der Waals surface area (Å²) in [5.41, 5.74) is 3.67. The van der Waals surface area contributed by atoms with Gasteiger partial charge in [-0.3, -0.25) is 4.79 Å². The van der Waals surface area contributed by atoms with E-state index < -0.39 is 0 Å². The summed E-state index contributed by atoms with van der Waals surface area (Å²) < 4.78 is 0. The summed E-state index contributed by atoms with van der Waals surface area (Å²) in [5.74, 6) is 0.659. The number of H-pyrrole nitrogens is 2. The summed E-state index contributed by atoms with van der Waals surface area (Å²) in [6, 6.07) is 8.16. The van der Waals surface area contributed by atoms with Gasteiger partial charge < -0.3 is 20.6 Å². The maximum atomic E-state index is 12.0. The first-order valence-corrected chi connectivity index (χ1v) is 8.51. The molecular weight excluding hydrogens is 330 g/mol. The van der Waals surface area contributed by atoms with Crippen LogP contribution in [0.25, 0.3) is 22.1 Å². The minimum absolute atomic E-state index is 0.00671. The number of nitrogens with one attached hydrogen (secondary N) is 4. The van der Waals surface area contributed by atoms with Crippen LogP contribution in [-0.4, -0.2) is 43.9 Å². The molecule has 0 radical (unpaired) electrons. The molecule has 132 valence electrons. The molecule has 3 heterocycles. The number of imidazole rings is 1. The van der Waals surface area contributed by atoms with E-state index in [1.807, 2.05) is 24.4 Å². The fourth-order valence-corrected chi connectivity index (χ4v) is 2.96. The lowest BCUT2D eigenvalue weighted by atomic mass is 10.1. The maximum absolute atomic E-state index is 12.0. The Balaban J connectivity index is 1.24. The topological polar surface area (TPSA) is 111 Å². The number of fused-ring (bicyclic) bond motifs is 2. The number of hydrogen-bond donors (Lipinski definition) is 4. The van der Waals surface area contributed by atoms with Gasteiger partial charge in [0.25, 0.3) is 0 Å². The first-order valence-electron chi connectivity index (χ1n) is 8.51. The first kappa shape index (κ1) is 16.1. The quantitative estimate of drug-likeness (QED) is 0.408. The van der Waals surface area contributed by atoms with E-state index in [4.69, 9.17) is 0 Å². The van der Waals surface area contributed by atoms with Crippen molar-refractivity contribution in [2.24, 2.45) is 0 Å². The zero-order valence-corrected chi connectivity index (χ0v) is 14.1. The third kappa shape index (κ3) is 3.34. The van der Waals surface area contributed by atoms with Gasteiger partial charge in [-0.1, -0.05) is 18.2 Å². The number of para-hydroxylation sites is 1. The lowest BCUT2D eigenvalue weighted by Crippen LogP contribution is -2.27. The molecule has 0 aliphatic rings. The van der Waals surface area contributed by atoms with Crippen molar-refractivity contribution >= 4 is 33.8 Å². The van der Waals surface area contributed by atoms with Crippen molar-refractivity contribution in [2.75, 3.05) is 18.4 Å². The zero-order chi connectivity index (χ0) is 17.8. The van der Waals surface area contributed by atoms with Gasteiger partial charge in [-0.15, -0.1) is 0 Å². The van der Waals surface area contributed by atoms with Crippen molar-refractivity contribution in [3.63, 3.8) is 0 Å². The van der Waals surface area contributed by atoms with E-state index in [1.165, 1.54) is 17.3 Å². The summed E-state index contributed by atoms with van der Waals surface area (Å²) in [4.78, 5) is 30.6. The van der Waals surface area contributed by atoms with Crippen LogP contribution in [0.2, 0.25) is 0 Å². The number of benzene rings is 1. The van der Waals surface area contributed by atoms with Crippen LogP contribution in [0.1, 0.15) is 12.0 Å². The molecule has 1 aromatic carbocycles. The van der Waals surface area contributed by atoms with Crippen LogP contribution in [0.15, 0.2) is 43.1 Å². The smallest absolute Gasteiger partial charge is 0.221 e. The molecule has 4 N–H and O–H groups in total. The highest BCUT2D eigenvalue weighted by Gasteiger charge is 2.07. The van der Waals surface area contributed by atoms with Crippen LogP contribution in [0.5, 0.6) is 0 Å². The number of rotatable bonds is 7. The molecule has 8 nitrogen and oxygen atoms in total. The van der Waals surface area contributed by atoms with Gasteiger partial charge in [0.05, 0.1) is 6.33 Å². The molecule has 8 heteroatoms. The molecular formula is C18H19N7O. The van der Waals surface area contributed by atoms with E-state index in [0.29, 0.717) is 31.0 Å². The van der Waals surface area contributed by atoms with Crippen LogP contribution in [0.3, 0.4) is 0 Å². The van der Waals surface area contributed by atoms with Crippen LogP contribution >= 0.6 is 0 Å². The van der Waals surface area contributed by atoms with E-state index in [0.717, 1.165) is 17.5 Å². The Hall–Kier alpha value is -3.42. The SMILES string of the molecule is O=C(CCNc1ncnc2nc[nH]c12)NCCc1c[nH]c2ccccc12. The van der Waals surface area contributed by atoms with Gasteiger partial charge in [0.15, 0.2) is 11.5 Å². The third-order valence-electron chi connectivity index (χ3n) is 4.26. The van der Waals surface area contributed by atoms with Gasteiger partial charge in [0.2, 0.25) is 5.91 Å². The van der Waals surface area contributed by atoms with Crippen molar-refractivity contribution in [1.29, 1.82) is 0 Å². The van der Waals surface area contributed by atoms with E-state index in [-0.39, 0.29) is 5.91 Å². The molecule has 4 aromatic rings. The van der Waals surface area contributed by atoms with E-state index in [2.05, 4.69) is 41.6 Å². The van der Waals surface area contributed by atoms with Gasteiger partial charge >= 0.3 is 0 Å². The fourth-order valence-electron chi connectivity index (χ4n) is 2.96. The van der Waals surface area contributed by atoms with Crippen LogP contribution in [0, 0.1) is 0 Å². The largest absolute Gasteiger partial charge is 0.368 e. The normalized spacial score (nSPS) is 11.1. The molecule has 0 spiro atoms. The Morgan fingerprint density at radius 3 is 2.96 bits per heavy atom. The minimum Gasteiger partial charge on any atom is -0.368 e. The lowest BCUT2D eigenvalue weighted by Gasteiger charge is -2.07. The average Bonchev–Trinajstić information content (AvgIpc) is 3.29. The van der Waals surface area contributed by atoms with Gasteiger partial charge in [-0.05, 0) is 18.1 Å². The Labute approximate surface area is 149 Å². The van der Waals surface area contributed by atoms with E-state index >= 15 is 0 Å². The van der Waals surface area contributed by atoms with Crippen molar-refractivity contribution in [3.8, 4) is 0 Å². The predicted octanol–water partition coefficient (Wildman–Crippen LogP) is 2.00. The molecule has 0 fully saturated rings. The molecule has 4 rings (SSSR count). The molecule has 0 saturated heterocycles. The number of aromatic amines is 2. The number of nitrogens with zero attached hydrogens (tertiary/aromatic N) is 3. The van der Waals surface area contributed by atoms with Gasteiger partial charge in [0, 0.05) is 36.6 Å². The molecule has 0 bridgehead atoms. The molecule has 0 aliphatic carbocycles. The number of carbonyl (C=O) groups is 1. The Kier molecular flexibility index (Phi) is 4.46. The van der Waals surface area contributed by atoms with Gasteiger partial charge in [-0.25, -0.2) is 15.0 Å². The average molecular weight is 349 g/mol. The molecule has 3 aromatic heterocycles. The molecule has 0 atom stereocenters. The molecule has 1 amide bonds. The highest BCUT2D eigenvalue weighted by atomic mass is 16.1. The number of carbonyl (C=O) groups excluding carboxylic acids is 1. The fraction of sp³-hybridized carbons (Fsp3) is 0.222. The summed E-state index contributed by atoms with van der Waals surface area (Å²) >= 11 is 0. The van der Waals surface area contributed by atoms with Crippen molar-refractivity contribution in [3.05, 3.63) is 48.7 Å². The number of amides is 1. The summed E-state index contributed by atoms with van der Waals surface area (Å²) in [6.07, 6.45) is 6.19. The first-order chi connectivity index (χ1) is 12.8. The van der Waals surface area contributed by atoms with Crippen molar-refractivity contribution in [2.45, 2.75) is 12.8 Å². The summed E-state index contributed by atoms with van der Waals surface area (Å²) in [6.45, 7) is 1.10. The third-order valence-corrected chi connectivity index (χ3v) is 4.26. The molecule has 0 saturated carbocycles. The minimum atomic E-state index is 0.00671. The highest BCUT2D eigenvalue weighted by Crippen LogP contribution is 2.17. The second-order valence-electron chi connectivity index (χ2n) is 5.96. The predicted molar refractivity (Wildman–Crippen MR) is 99.8 cm³/mol. The van der Waals surface area contributed by atoms with Crippen molar-refractivity contribution in [1.82, 2.24) is 30.2 Å². The molecule has 0 unspecified atom stereocenters. The Morgan fingerprint density at radius 1 is 1.08 bits per heavy atom. The zero-order valence-electron chi connectivity index (χ0n) is 14.1. The van der Waals surface area contributed by atoms with Crippen LogP contribution in [-0.2, 0) is 11.2 Å². The summed E-state index contributed by atoms with van der Waals surface area (Å²) in [7, 11) is 0. The van der Waals surface area contributed by atoms with E-state index in [1.54, 1.807) is 6.33 Å². The maximum Gasteiger partial charge on any atom is 0.221 e. The summed E-state index contributed by atoms with van der Waals surface area (Å²) in [5, 5.41) is 7.31. The van der Waals surface area contributed by atoms with Crippen LogP contribution in [0.4, 0.5) is 5.82 Å². The second kappa shape index (κ2) is 7.22. The van der Waals surface area contributed by atoms with Gasteiger partial charge in [0.1, 0.15) is 11.8 Å².